The van der Waals surface area contributed by atoms with Crippen molar-refractivity contribution in [2.24, 2.45) is 0 Å². The SMILES string of the molecule is CC=c1c(C)c2[n-]/c1=C\c1[n-]c(/c(=C/C)c1C)=C\c1[n-]c(c(CCC(=O)O)c1C)/C=c1\[n-]/c(c(C)c1CCC(=O)O)=C\2.[Fe+4]. The molecule has 5 heterocycles. The van der Waals surface area contributed by atoms with E-state index >= 15 is 0 Å². The number of nitrogens with zero attached hydrogens (tertiary/aromatic N) is 4. The van der Waals surface area contributed by atoms with Crippen molar-refractivity contribution < 1.29 is 36.9 Å². The van der Waals surface area contributed by atoms with Crippen LogP contribution in [0.1, 0.15) is 82.8 Å². The molecule has 5 rings (SSSR count). The molecule has 2 N–H and O–H groups in total. The summed E-state index contributed by atoms with van der Waals surface area (Å²) in [5, 5.41) is 23.9. The number of carbonyl (C=O) groups is 2. The summed E-state index contributed by atoms with van der Waals surface area (Å²) in [6.07, 6.45) is 12.4. The van der Waals surface area contributed by atoms with Crippen LogP contribution in [0.2, 0.25) is 0 Å². The quantitative estimate of drug-likeness (QED) is 0.255. The first-order valence-electron chi connectivity index (χ1n) is 14.1. The number of hydrogen-bond acceptors (Lipinski definition) is 2. The molecule has 8 nitrogen and oxygen atoms in total. The second-order valence-corrected chi connectivity index (χ2v) is 10.8. The fourth-order valence-electron chi connectivity index (χ4n) is 5.83. The van der Waals surface area contributed by atoms with Crippen LogP contribution in [0.4, 0.5) is 0 Å². The van der Waals surface area contributed by atoms with Gasteiger partial charge in [0.1, 0.15) is 0 Å². The van der Waals surface area contributed by atoms with Gasteiger partial charge in [0.2, 0.25) is 0 Å². The van der Waals surface area contributed by atoms with Crippen LogP contribution in [0.25, 0.3) is 36.5 Å². The fraction of sp³-hybridized carbons (Fsp3) is 0.294. The van der Waals surface area contributed by atoms with Crippen LogP contribution >= 0.6 is 0 Å². The molecule has 0 spiro atoms. The molecule has 0 amide bonds. The Labute approximate surface area is 259 Å². The molecule has 4 aromatic rings. The predicted molar refractivity (Wildman–Crippen MR) is 162 cm³/mol. The Morgan fingerprint density at radius 3 is 1.51 bits per heavy atom. The van der Waals surface area contributed by atoms with E-state index in [0.29, 0.717) is 23.9 Å². The van der Waals surface area contributed by atoms with Gasteiger partial charge in [0.15, 0.2) is 0 Å². The zero-order valence-electron chi connectivity index (χ0n) is 25.1. The Bertz CT molecular complexity index is 2120. The van der Waals surface area contributed by atoms with Gasteiger partial charge in [0, 0.05) is 12.8 Å². The van der Waals surface area contributed by atoms with Gasteiger partial charge in [-0.2, -0.15) is 0 Å². The average molecular weight is 619 g/mol. The van der Waals surface area contributed by atoms with E-state index in [2.05, 4.69) is 13.0 Å². The summed E-state index contributed by atoms with van der Waals surface area (Å²) < 4.78 is 0. The summed E-state index contributed by atoms with van der Waals surface area (Å²) in [7, 11) is 0. The number of hydrogen-bond donors (Lipinski definition) is 2. The molecule has 0 aromatic carbocycles. The van der Waals surface area contributed by atoms with Gasteiger partial charge in [-0.1, -0.05) is 69.8 Å². The molecule has 0 atom stereocenters. The smallest absolute Gasteiger partial charge is 0.657 e. The number of rotatable bonds is 6. The minimum Gasteiger partial charge on any atom is -0.657 e. The summed E-state index contributed by atoms with van der Waals surface area (Å²) >= 11 is 0. The number of aromatic nitrogens is 4. The Hall–Kier alpha value is -4.20. The van der Waals surface area contributed by atoms with Gasteiger partial charge in [-0.15, -0.1) is 44.2 Å². The van der Waals surface area contributed by atoms with Crippen LogP contribution in [-0.2, 0) is 39.5 Å². The summed E-state index contributed by atoms with van der Waals surface area (Å²) in [5.41, 5.74) is 8.51. The van der Waals surface area contributed by atoms with Crippen molar-refractivity contribution in [3.63, 3.8) is 0 Å². The minimum atomic E-state index is -0.886. The molecule has 222 valence electrons. The third kappa shape index (κ3) is 6.01. The maximum Gasteiger partial charge on any atom is 4.00 e. The zero-order valence-corrected chi connectivity index (χ0v) is 26.3. The van der Waals surface area contributed by atoms with E-state index in [1.54, 1.807) is 0 Å². The van der Waals surface area contributed by atoms with E-state index in [1.807, 2.05) is 65.0 Å². The first-order valence-corrected chi connectivity index (χ1v) is 14.1. The third-order valence-corrected chi connectivity index (χ3v) is 8.23. The van der Waals surface area contributed by atoms with E-state index in [9.17, 15) is 19.8 Å². The van der Waals surface area contributed by atoms with Gasteiger partial charge in [0.25, 0.3) is 0 Å². The van der Waals surface area contributed by atoms with Crippen molar-refractivity contribution in [3.05, 3.63) is 88.0 Å². The molecule has 43 heavy (non-hydrogen) atoms. The van der Waals surface area contributed by atoms with Gasteiger partial charge in [-0.05, 0) is 64.8 Å². The van der Waals surface area contributed by atoms with Crippen molar-refractivity contribution >= 4 is 48.4 Å². The van der Waals surface area contributed by atoms with E-state index in [-0.39, 0.29) is 29.9 Å². The van der Waals surface area contributed by atoms with Gasteiger partial charge < -0.3 is 30.1 Å². The van der Waals surface area contributed by atoms with Crippen LogP contribution in [0.15, 0.2) is 0 Å². The third-order valence-electron chi connectivity index (χ3n) is 8.23. The summed E-state index contributed by atoms with van der Waals surface area (Å²) in [6.45, 7) is 12.0. The molecular weight excluding hydrogens is 584 g/mol. The van der Waals surface area contributed by atoms with Crippen molar-refractivity contribution in [2.45, 2.75) is 67.2 Å². The van der Waals surface area contributed by atoms with Gasteiger partial charge in [-0.25, -0.2) is 0 Å². The monoisotopic (exact) mass is 618 g/mol. The molecule has 0 fully saturated rings. The second-order valence-electron chi connectivity index (χ2n) is 10.8. The molecule has 8 bridgehead atoms. The molecule has 0 aliphatic carbocycles. The van der Waals surface area contributed by atoms with Crippen molar-refractivity contribution in [2.75, 3.05) is 0 Å². The van der Waals surface area contributed by atoms with Gasteiger partial charge >= 0.3 is 29.0 Å². The van der Waals surface area contributed by atoms with Crippen LogP contribution in [0.5, 0.6) is 0 Å². The molecule has 0 saturated carbocycles. The molecule has 0 radical (unpaired) electrons. The summed E-state index contributed by atoms with van der Waals surface area (Å²) in [4.78, 5) is 42.9. The minimum absolute atomic E-state index is 0. The first-order chi connectivity index (χ1) is 20.0. The van der Waals surface area contributed by atoms with Gasteiger partial charge in [0.05, 0.1) is 0 Å². The fourth-order valence-corrected chi connectivity index (χ4v) is 5.83. The van der Waals surface area contributed by atoms with E-state index < -0.39 is 11.9 Å². The molecule has 0 saturated heterocycles. The van der Waals surface area contributed by atoms with Crippen LogP contribution in [-0.4, -0.2) is 22.2 Å². The largest absolute Gasteiger partial charge is 4.00 e. The number of carboxylic acid groups (broad SMARTS) is 2. The number of carboxylic acids is 2. The van der Waals surface area contributed by atoms with E-state index in [0.717, 1.165) is 76.9 Å². The van der Waals surface area contributed by atoms with Crippen LogP contribution in [0.3, 0.4) is 0 Å². The molecule has 1 aliphatic heterocycles. The number of aliphatic carboxylic acids is 2. The number of fused-ring (bicyclic) bond motifs is 8. The van der Waals surface area contributed by atoms with Crippen LogP contribution < -0.4 is 51.8 Å². The topological polar surface area (TPSA) is 131 Å². The summed E-state index contributed by atoms with van der Waals surface area (Å²) in [6, 6.07) is 0. The molecular formula is C34H34FeN4O4. The Balaban J connectivity index is 0.00000423. The molecule has 0 unspecified atom stereocenters. The first kappa shape index (κ1) is 31.7. The standard InChI is InChI=1S/C34H34N4O4.Fe/c1-7-21-17(3)25-13-26-19(5)23(9-11-33(39)40)31(37-26)16-32-24(10-12-34(41)42)20(6)28(38-32)15-30-22(8-2)18(4)27(36-30)14-29(21)35-25;/h7-8,13-16H,9-12H2,1-6H3,(H,39,40)(H,41,42);/q-4;+4/b21-7?,22-8+,26-13-,29-14-,30-15-,31-16-;. The van der Waals surface area contributed by atoms with Gasteiger partial charge in [-0.3, -0.25) is 9.59 Å². The van der Waals surface area contributed by atoms with Crippen molar-refractivity contribution in [1.82, 2.24) is 19.9 Å². The van der Waals surface area contributed by atoms with E-state index in [4.69, 9.17) is 19.9 Å². The normalized spacial score (nSPS) is 16.2. The molecule has 1 aliphatic rings. The summed E-state index contributed by atoms with van der Waals surface area (Å²) in [5.74, 6) is -1.77. The van der Waals surface area contributed by atoms with Crippen molar-refractivity contribution in [3.8, 4) is 0 Å². The Morgan fingerprint density at radius 2 is 1.02 bits per heavy atom. The maximum atomic E-state index is 11.5. The predicted octanol–water partition coefficient (Wildman–Crippen LogP) is 0.0104. The Morgan fingerprint density at radius 1 is 0.581 bits per heavy atom. The average Bonchev–Trinajstić information content (AvgIpc) is 3.59. The zero-order chi connectivity index (χ0) is 30.3. The van der Waals surface area contributed by atoms with Crippen LogP contribution in [0, 0.1) is 27.7 Å². The molecule has 9 heteroatoms. The van der Waals surface area contributed by atoms with Crippen molar-refractivity contribution in [1.29, 1.82) is 0 Å². The van der Waals surface area contributed by atoms with E-state index in [1.165, 1.54) is 0 Å². The maximum absolute atomic E-state index is 11.5. The molecule has 4 aromatic heterocycles. The Kier molecular flexibility index (Phi) is 9.28. The second kappa shape index (κ2) is 12.6.